The zero-order chi connectivity index (χ0) is 10.9. The molecule has 3 nitrogen and oxygen atoms in total. The quantitative estimate of drug-likeness (QED) is 0.921. The van der Waals surface area contributed by atoms with Crippen molar-refractivity contribution in [3.8, 4) is 0 Å². The molecule has 1 aliphatic heterocycles. The standard InChI is InChI=1S/C10H14BrNO2S/c1-12(9-3-2-8(11)15-9)4-10(5-13)6-14-7-10/h2-3,13H,4-7H2,1H3. The van der Waals surface area contributed by atoms with Crippen molar-refractivity contribution in [3.63, 3.8) is 0 Å². The van der Waals surface area contributed by atoms with Gasteiger partial charge in [-0.3, -0.25) is 0 Å². The summed E-state index contributed by atoms with van der Waals surface area (Å²) in [5.41, 5.74) is -0.0504. The summed E-state index contributed by atoms with van der Waals surface area (Å²) in [4.78, 5) is 2.17. The number of anilines is 1. The average Bonchev–Trinajstić information content (AvgIpc) is 2.58. The Labute approximate surface area is 102 Å². The number of nitrogens with zero attached hydrogens (tertiary/aromatic N) is 1. The number of halogens is 1. The van der Waals surface area contributed by atoms with Gasteiger partial charge in [0.15, 0.2) is 0 Å². The maximum atomic E-state index is 9.33. The summed E-state index contributed by atoms with van der Waals surface area (Å²) < 4.78 is 6.31. The highest BCUT2D eigenvalue weighted by atomic mass is 79.9. The molecule has 84 valence electrons. The van der Waals surface area contributed by atoms with Gasteiger partial charge in [0.25, 0.3) is 0 Å². The fourth-order valence-corrected chi connectivity index (χ4v) is 3.04. The molecule has 1 aromatic rings. The number of hydrogen-bond donors (Lipinski definition) is 1. The van der Waals surface area contributed by atoms with Gasteiger partial charge >= 0.3 is 0 Å². The molecule has 0 unspecified atom stereocenters. The Morgan fingerprint density at radius 3 is 2.73 bits per heavy atom. The summed E-state index contributed by atoms with van der Waals surface area (Å²) in [5, 5.41) is 10.5. The van der Waals surface area contributed by atoms with Crippen LogP contribution >= 0.6 is 27.3 Å². The van der Waals surface area contributed by atoms with Crippen molar-refractivity contribution in [1.82, 2.24) is 0 Å². The van der Waals surface area contributed by atoms with E-state index in [9.17, 15) is 5.11 Å². The first kappa shape index (κ1) is 11.4. The highest BCUT2D eigenvalue weighted by Gasteiger charge is 2.39. The van der Waals surface area contributed by atoms with Gasteiger partial charge in [-0.25, -0.2) is 0 Å². The van der Waals surface area contributed by atoms with Gasteiger partial charge < -0.3 is 14.7 Å². The number of aliphatic hydroxyl groups excluding tert-OH is 1. The minimum Gasteiger partial charge on any atom is -0.396 e. The minimum absolute atomic E-state index is 0.0504. The maximum absolute atomic E-state index is 9.33. The summed E-state index contributed by atoms with van der Waals surface area (Å²) in [6, 6.07) is 4.12. The largest absolute Gasteiger partial charge is 0.396 e. The normalized spacial score (nSPS) is 18.6. The Bertz CT molecular complexity index is 332. The van der Waals surface area contributed by atoms with Crippen LogP contribution in [-0.4, -0.2) is 38.5 Å². The van der Waals surface area contributed by atoms with E-state index in [-0.39, 0.29) is 12.0 Å². The lowest BCUT2D eigenvalue weighted by molar-refractivity contribution is -0.130. The second-order valence-corrected chi connectivity index (χ2v) is 6.53. The second-order valence-electron chi connectivity index (χ2n) is 4.08. The van der Waals surface area contributed by atoms with Crippen molar-refractivity contribution < 1.29 is 9.84 Å². The number of ether oxygens (including phenoxy) is 1. The van der Waals surface area contributed by atoms with Crippen molar-refractivity contribution in [1.29, 1.82) is 0 Å². The number of hydrogen-bond acceptors (Lipinski definition) is 4. The molecule has 0 amide bonds. The molecular weight excluding hydrogens is 278 g/mol. The predicted octanol–water partition coefficient (Wildman–Crippen LogP) is 1.96. The second kappa shape index (κ2) is 4.41. The van der Waals surface area contributed by atoms with Crippen molar-refractivity contribution in [2.75, 3.05) is 38.3 Å². The average molecular weight is 292 g/mol. The van der Waals surface area contributed by atoms with Crippen molar-refractivity contribution in [2.24, 2.45) is 5.41 Å². The predicted molar refractivity (Wildman–Crippen MR) is 65.6 cm³/mol. The third kappa shape index (κ3) is 2.36. The monoisotopic (exact) mass is 291 g/mol. The van der Waals surface area contributed by atoms with Crippen LogP contribution in [0.25, 0.3) is 0 Å². The van der Waals surface area contributed by atoms with Crippen LogP contribution in [0.1, 0.15) is 0 Å². The van der Waals surface area contributed by atoms with Gasteiger partial charge in [-0.1, -0.05) is 0 Å². The van der Waals surface area contributed by atoms with Crippen LogP contribution in [0.15, 0.2) is 15.9 Å². The van der Waals surface area contributed by atoms with Gasteiger partial charge in [-0.2, -0.15) is 0 Å². The molecule has 0 aromatic carbocycles. The van der Waals surface area contributed by atoms with Crippen LogP contribution in [0, 0.1) is 5.41 Å². The van der Waals surface area contributed by atoms with Crippen LogP contribution in [-0.2, 0) is 4.74 Å². The third-order valence-corrected chi connectivity index (χ3v) is 4.40. The molecule has 15 heavy (non-hydrogen) atoms. The lowest BCUT2D eigenvalue weighted by atomic mass is 9.86. The molecule has 1 fully saturated rings. The van der Waals surface area contributed by atoms with E-state index in [0.717, 1.165) is 10.3 Å². The Balaban J connectivity index is 1.99. The van der Waals surface area contributed by atoms with Crippen molar-refractivity contribution in [3.05, 3.63) is 15.9 Å². The molecule has 0 radical (unpaired) electrons. The van der Waals surface area contributed by atoms with Crippen LogP contribution in [0.3, 0.4) is 0 Å². The van der Waals surface area contributed by atoms with Gasteiger partial charge in [0.2, 0.25) is 0 Å². The third-order valence-electron chi connectivity index (χ3n) is 2.66. The van der Waals surface area contributed by atoms with E-state index < -0.39 is 0 Å². The molecular formula is C10H14BrNO2S. The summed E-state index contributed by atoms with van der Waals surface area (Å²) in [7, 11) is 2.05. The van der Waals surface area contributed by atoms with Gasteiger partial charge in [0.05, 0.1) is 34.0 Å². The van der Waals surface area contributed by atoms with E-state index in [1.165, 1.54) is 5.00 Å². The molecule has 1 saturated heterocycles. The van der Waals surface area contributed by atoms with Crippen LogP contribution in [0.4, 0.5) is 5.00 Å². The van der Waals surface area contributed by atoms with Crippen molar-refractivity contribution >= 4 is 32.3 Å². The first-order valence-corrected chi connectivity index (χ1v) is 6.41. The van der Waals surface area contributed by atoms with E-state index in [4.69, 9.17) is 4.74 Å². The molecule has 0 spiro atoms. The van der Waals surface area contributed by atoms with Gasteiger partial charge in [-0.05, 0) is 28.1 Å². The SMILES string of the molecule is CN(CC1(CO)COC1)c1ccc(Br)s1. The highest BCUT2D eigenvalue weighted by molar-refractivity contribution is 9.11. The molecule has 5 heteroatoms. The number of thiophene rings is 1. The summed E-state index contributed by atoms with van der Waals surface area (Å²) >= 11 is 5.15. The first-order chi connectivity index (χ1) is 7.15. The smallest absolute Gasteiger partial charge is 0.0917 e. The van der Waals surface area contributed by atoms with E-state index >= 15 is 0 Å². The van der Waals surface area contributed by atoms with Crippen molar-refractivity contribution in [2.45, 2.75) is 0 Å². The Morgan fingerprint density at radius 1 is 1.60 bits per heavy atom. The molecule has 0 bridgehead atoms. The summed E-state index contributed by atoms with van der Waals surface area (Å²) in [6.45, 7) is 2.38. The van der Waals surface area contributed by atoms with E-state index in [2.05, 4.69) is 26.9 Å². The lowest BCUT2D eigenvalue weighted by Crippen LogP contribution is -2.52. The number of rotatable bonds is 4. The molecule has 0 aliphatic carbocycles. The zero-order valence-corrected chi connectivity index (χ0v) is 11.0. The molecule has 1 aliphatic rings. The van der Waals surface area contributed by atoms with E-state index in [1.54, 1.807) is 11.3 Å². The molecule has 1 aromatic heterocycles. The minimum atomic E-state index is -0.0504. The highest BCUT2D eigenvalue weighted by Crippen LogP contribution is 2.33. The molecule has 0 saturated carbocycles. The summed E-state index contributed by atoms with van der Waals surface area (Å²) in [5.74, 6) is 0. The lowest BCUT2D eigenvalue weighted by Gasteiger charge is -2.42. The van der Waals surface area contributed by atoms with Gasteiger partial charge in [0.1, 0.15) is 0 Å². The Morgan fingerprint density at radius 2 is 2.33 bits per heavy atom. The topological polar surface area (TPSA) is 32.7 Å². The van der Waals surface area contributed by atoms with E-state index in [0.29, 0.717) is 13.2 Å². The summed E-state index contributed by atoms with van der Waals surface area (Å²) in [6.07, 6.45) is 0. The Hall–Kier alpha value is -0.100. The zero-order valence-electron chi connectivity index (χ0n) is 8.57. The van der Waals surface area contributed by atoms with Crippen LogP contribution < -0.4 is 4.90 Å². The maximum Gasteiger partial charge on any atom is 0.0917 e. The van der Waals surface area contributed by atoms with Gasteiger partial charge in [-0.15, -0.1) is 11.3 Å². The molecule has 2 rings (SSSR count). The van der Waals surface area contributed by atoms with E-state index in [1.807, 2.05) is 13.1 Å². The fourth-order valence-electron chi connectivity index (χ4n) is 1.71. The fraction of sp³-hybridized carbons (Fsp3) is 0.600. The first-order valence-electron chi connectivity index (χ1n) is 4.80. The molecule has 2 heterocycles. The molecule has 1 N–H and O–H groups in total. The number of aliphatic hydroxyl groups is 1. The van der Waals surface area contributed by atoms with Crippen LogP contribution in [0.5, 0.6) is 0 Å². The van der Waals surface area contributed by atoms with Crippen LogP contribution in [0.2, 0.25) is 0 Å². The Kier molecular flexibility index (Phi) is 3.35. The van der Waals surface area contributed by atoms with Gasteiger partial charge in [0, 0.05) is 13.6 Å². The molecule has 0 atom stereocenters.